The summed E-state index contributed by atoms with van der Waals surface area (Å²) in [5.74, 6) is -0.396. The number of allylic oxidation sites excluding steroid dienone is 8. The zero-order valence-corrected chi connectivity index (χ0v) is 43.9. The molecular formula is C56H75ClN3O9S+. The van der Waals surface area contributed by atoms with Gasteiger partial charge < -0.3 is 24.4 Å². The van der Waals surface area contributed by atoms with E-state index in [-0.39, 0.29) is 34.3 Å². The Morgan fingerprint density at radius 1 is 0.886 bits per heavy atom. The van der Waals surface area contributed by atoms with Crippen molar-refractivity contribution in [1.82, 2.24) is 5.32 Å². The average Bonchev–Trinajstić information content (AvgIpc) is 3.50. The van der Waals surface area contributed by atoms with E-state index >= 15 is 0 Å². The first kappa shape index (κ1) is 51.1. The summed E-state index contributed by atoms with van der Waals surface area (Å²) in [7, 11) is -4.00. The number of rotatable bonds is 16. The van der Waals surface area contributed by atoms with Gasteiger partial charge in [0.2, 0.25) is 17.8 Å². The van der Waals surface area contributed by atoms with E-state index in [0.29, 0.717) is 31.8 Å². The average molecular weight is 1000 g/mol. The number of amides is 1. The number of para-hydroxylation sites is 2. The number of benzene rings is 2. The van der Waals surface area contributed by atoms with Crippen LogP contribution < -0.4 is 10.2 Å². The van der Waals surface area contributed by atoms with Crippen molar-refractivity contribution in [2.24, 2.45) is 23.7 Å². The van der Waals surface area contributed by atoms with Crippen LogP contribution in [0.5, 0.6) is 0 Å². The van der Waals surface area contributed by atoms with Gasteiger partial charge in [0.1, 0.15) is 6.54 Å². The minimum absolute atomic E-state index is 0.0766. The predicted octanol–water partition coefficient (Wildman–Crippen LogP) is 12.1. The van der Waals surface area contributed by atoms with Crippen molar-refractivity contribution in [1.29, 1.82) is 0 Å². The second-order valence-electron chi connectivity index (χ2n) is 22.3. The van der Waals surface area contributed by atoms with Crippen molar-refractivity contribution in [2.75, 3.05) is 30.3 Å². The Kier molecular flexibility index (Phi) is 14.8. The molecule has 8 aliphatic rings. The smallest absolute Gasteiger partial charge is 0.409 e. The van der Waals surface area contributed by atoms with E-state index in [0.717, 1.165) is 105 Å². The molecule has 5 fully saturated rings. The molecule has 6 heterocycles. The number of hydrogen-bond donors (Lipinski definition) is 2. The number of unbranched alkanes of at least 4 members (excludes halogenated alkanes) is 4. The molecule has 14 heteroatoms. The summed E-state index contributed by atoms with van der Waals surface area (Å²) < 4.78 is 53.5. The maximum absolute atomic E-state index is 13.2. The highest BCUT2D eigenvalue weighted by molar-refractivity contribution is 7.85. The lowest BCUT2D eigenvalue weighted by atomic mass is 9.58. The molecule has 1 amide bonds. The van der Waals surface area contributed by atoms with E-state index in [1.807, 2.05) is 13.0 Å². The van der Waals surface area contributed by atoms with Crippen LogP contribution in [0.2, 0.25) is 0 Å². The molecule has 1 unspecified atom stereocenters. The summed E-state index contributed by atoms with van der Waals surface area (Å²) in [6.07, 6.45) is 18.4. The third kappa shape index (κ3) is 9.86. The van der Waals surface area contributed by atoms with Crippen molar-refractivity contribution in [2.45, 2.75) is 167 Å². The van der Waals surface area contributed by atoms with Gasteiger partial charge in [0.15, 0.2) is 17.6 Å². The van der Waals surface area contributed by atoms with Crippen LogP contribution in [0.4, 0.5) is 16.2 Å². The van der Waals surface area contributed by atoms with Gasteiger partial charge in [0.05, 0.1) is 11.2 Å². The Hall–Kier alpha value is -3.82. The lowest BCUT2D eigenvalue weighted by molar-refractivity contribution is -0.576. The molecule has 2 aromatic carbocycles. The number of hydrogen-bond acceptors (Lipinski definition) is 9. The Balaban J connectivity index is 0.818. The van der Waals surface area contributed by atoms with Crippen molar-refractivity contribution >= 4 is 44.9 Å². The van der Waals surface area contributed by atoms with E-state index in [2.05, 4.69) is 123 Å². The maximum atomic E-state index is 13.2. The van der Waals surface area contributed by atoms with Gasteiger partial charge in [0.25, 0.3) is 10.1 Å². The number of halogens is 1. The molecule has 2 aliphatic carbocycles. The topological polar surface area (TPSA) is 136 Å². The van der Waals surface area contributed by atoms with Gasteiger partial charge in [-0.15, -0.1) is 0 Å². The second-order valence-corrected chi connectivity index (χ2v) is 24.2. The fourth-order valence-corrected chi connectivity index (χ4v) is 13.9. The minimum Gasteiger partial charge on any atom is -0.419 e. The molecule has 4 saturated heterocycles. The summed E-state index contributed by atoms with van der Waals surface area (Å²) in [4.78, 5) is 27.7. The fourth-order valence-electron chi connectivity index (χ4n) is 13.0. The molecule has 0 radical (unpaired) electrons. The quantitative estimate of drug-likeness (QED) is 0.0724. The molecule has 2 bridgehead atoms. The first-order chi connectivity index (χ1) is 33.3. The van der Waals surface area contributed by atoms with Crippen LogP contribution in [0.15, 0.2) is 94.7 Å². The number of carbonyl (C=O) groups excluding carboxylic acids is 1. The van der Waals surface area contributed by atoms with Crippen LogP contribution in [-0.2, 0) is 44.9 Å². The highest BCUT2D eigenvalue weighted by Crippen LogP contribution is 2.61. The normalized spacial score (nSPS) is 32.1. The van der Waals surface area contributed by atoms with Crippen LogP contribution in [0.1, 0.15) is 143 Å². The van der Waals surface area contributed by atoms with Crippen molar-refractivity contribution in [3.63, 3.8) is 0 Å². The molecule has 0 aromatic heterocycles. The molecule has 1 spiro atoms. The molecule has 2 aromatic rings. The van der Waals surface area contributed by atoms with Crippen molar-refractivity contribution in [3.05, 3.63) is 106 Å². The van der Waals surface area contributed by atoms with Gasteiger partial charge in [-0.2, -0.15) is 13.0 Å². The minimum atomic E-state index is -4.00. The van der Waals surface area contributed by atoms with Crippen LogP contribution in [-0.4, -0.2) is 78.7 Å². The highest BCUT2D eigenvalue weighted by Gasteiger charge is 2.70. The zero-order chi connectivity index (χ0) is 49.6. The maximum Gasteiger partial charge on any atom is 0.409 e. The SMILES string of the molecule is C[C@@H]1C(OC(=O)NCCCCCC[N+]2=C(C=CC3=C(Cl)C(=CC=C4N(CCCCS(=O)(=O)O)c5ccccc5C4(C)C)CCC3)C(C)(C)c3ccccc32)O[C@H]2O[C@@]3(C)CC[C@@H]4[C@@H](C)CC[C@H]1[C@]24OO3. The summed E-state index contributed by atoms with van der Waals surface area (Å²) in [5, 5.41) is 3.79. The number of anilines is 1. The van der Waals surface area contributed by atoms with Gasteiger partial charge in [-0.25, -0.2) is 14.6 Å². The third-order valence-electron chi connectivity index (χ3n) is 16.9. The van der Waals surface area contributed by atoms with E-state index in [4.69, 9.17) is 35.6 Å². The Labute approximate surface area is 421 Å². The van der Waals surface area contributed by atoms with Crippen molar-refractivity contribution < 1.29 is 46.3 Å². The monoisotopic (exact) mass is 1000 g/mol. The number of nitrogens with zero attached hydrogens (tertiary/aromatic N) is 2. The number of alkyl carbamates (subject to hydrolysis) is 1. The predicted molar refractivity (Wildman–Crippen MR) is 274 cm³/mol. The van der Waals surface area contributed by atoms with Crippen LogP contribution in [0.25, 0.3) is 0 Å². The molecule has 10 rings (SSSR count). The molecule has 6 aliphatic heterocycles. The molecule has 8 atom stereocenters. The van der Waals surface area contributed by atoms with Gasteiger partial charge in [-0.05, 0) is 126 Å². The van der Waals surface area contributed by atoms with Gasteiger partial charge in [-0.1, -0.05) is 94.3 Å². The molecule has 12 nitrogen and oxygen atoms in total. The Bertz CT molecular complexity index is 2590. The Morgan fingerprint density at radius 3 is 2.44 bits per heavy atom. The molecular weight excluding hydrogens is 926 g/mol. The van der Waals surface area contributed by atoms with E-state index in [1.54, 1.807) is 0 Å². The standard InChI is InChI=1S/C56H74ClN3O9S/c1-37-25-28-42-38(2)50(65-51-56(42)41(37)31-32-55(7,67-51)68-69-56)66-52(61)58-33-14-8-9-15-34-59-45-23-12-10-21-43(45)53(3,4)47(59)29-26-39-19-18-20-40(49(39)57)27-30-48-54(5,6)44-22-11-13-24-46(44)60(48)35-16-17-36-70(62,63)64/h10-13,21-24,26-27,29-30,37-38,41-42,50-51H,8-9,14-20,25,28,31-36H2,1-7H3,(H-,58,61,62,63,64)/p+1/t37-,38-,41+,42+,50?,51-,55+,56-/m0/s1. The lowest BCUT2D eigenvalue weighted by Gasteiger charge is -2.59. The number of nitrogens with one attached hydrogen (secondary N) is 1. The summed E-state index contributed by atoms with van der Waals surface area (Å²) in [6.45, 7) is 17.4. The number of ether oxygens (including phenoxy) is 3. The van der Waals surface area contributed by atoms with Gasteiger partial charge in [0, 0.05) is 77.3 Å². The van der Waals surface area contributed by atoms with Gasteiger partial charge >= 0.3 is 6.09 Å². The first-order valence-corrected chi connectivity index (χ1v) is 28.0. The second kappa shape index (κ2) is 20.2. The summed E-state index contributed by atoms with van der Waals surface area (Å²) in [5.41, 5.74) is 8.39. The van der Waals surface area contributed by atoms with E-state index < -0.39 is 40.2 Å². The van der Waals surface area contributed by atoms with Gasteiger partial charge in [-0.3, -0.25) is 4.55 Å². The largest absolute Gasteiger partial charge is 0.419 e. The van der Waals surface area contributed by atoms with E-state index in [9.17, 15) is 17.8 Å². The van der Waals surface area contributed by atoms with E-state index in [1.165, 1.54) is 22.5 Å². The van der Waals surface area contributed by atoms with Crippen molar-refractivity contribution in [3.8, 4) is 0 Å². The zero-order valence-electron chi connectivity index (χ0n) is 42.3. The summed E-state index contributed by atoms with van der Waals surface area (Å²) >= 11 is 7.31. The number of fused-ring (bicyclic) bond motifs is 4. The highest BCUT2D eigenvalue weighted by atomic mass is 35.5. The Morgan fingerprint density at radius 2 is 1.64 bits per heavy atom. The number of carbonyl (C=O) groups is 1. The van der Waals surface area contributed by atoms with Crippen LogP contribution in [0.3, 0.4) is 0 Å². The molecule has 70 heavy (non-hydrogen) atoms. The first-order valence-electron chi connectivity index (χ1n) is 26.0. The fraction of sp³-hybridized carbons (Fsp3) is 0.607. The van der Waals surface area contributed by atoms with Crippen LogP contribution >= 0.6 is 11.6 Å². The summed E-state index contributed by atoms with van der Waals surface area (Å²) in [6, 6.07) is 17.1. The molecule has 1 saturated carbocycles. The van der Waals surface area contributed by atoms with Crippen LogP contribution in [0, 0.1) is 23.7 Å². The third-order valence-corrected chi connectivity index (χ3v) is 18.2. The lowest BCUT2D eigenvalue weighted by Crippen LogP contribution is -2.70. The molecule has 380 valence electrons. The molecule has 2 N–H and O–H groups in total.